The molecule has 1 fully saturated rings. The van der Waals surface area contributed by atoms with E-state index in [0.29, 0.717) is 30.2 Å². The molecule has 1 atom stereocenters. The van der Waals surface area contributed by atoms with Crippen molar-refractivity contribution < 1.29 is 32.2 Å². The highest BCUT2D eigenvalue weighted by Crippen LogP contribution is 2.62. The van der Waals surface area contributed by atoms with Gasteiger partial charge in [0.05, 0.1) is 24.2 Å². The van der Waals surface area contributed by atoms with E-state index >= 15 is 0 Å². The average molecular weight is 462 g/mol. The number of anilines is 1. The van der Waals surface area contributed by atoms with Crippen LogP contribution in [0.15, 0.2) is 41.5 Å². The van der Waals surface area contributed by atoms with E-state index in [1.165, 1.54) is 0 Å². The summed E-state index contributed by atoms with van der Waals surface area (Å²) in [6.07, 6.45) is -3.69. The minimum Gasteiger partial charge on any atom is -0.487 e. The Hall–Kier alpha value is -3.34. The monoisotopic (exact) mass is 462 g/mol. The molecule has 174 valence electrons. The number of amides is 1. The minimum absolute atomic E-state index is 0.0110. The van der Waals surface area contributed by atoms with Crippen LogP contribution in [0.2, 0.25) is 0 Å². The third-order valence-electron chi connectivity index (χ3n) is 6.74. The number of rotatable bonds is 2. The van der Waals surface area contributed by atoms with E-state index in [4.69, 9.17) is 19.9 Å². The Labute approximate surface area is 186 Å². The van der Waals surface area contributed by atoms with Crippen LogP contribution in [0.5, 0.6) is 5.75 Å². The predicted octanol–water partition coefficient (Wildman–Crippen LogP) is 3.08. The number of nitrogens with zero attached hydrogens (tertiary/aromatic N) is 2. The second kappa shape index (κ2) is 6.83. The molecule has 0 bridgehead atoms. The molecule has 11 heteroatoms. The number of hydrogen-bond acceptors (Lipinski definition) is 7. The van der Waals surface area contributed by atoms with E-state index in [-0.39, 0.29) is 18.2 Å². The molecule has 1 saturated heterocycles. The SMILES string of the molecule is CC1(C)Oc2ccc(NC(=O)c3ccc(C(F)(F)F)nc3)cc2C2(COC(N)=N2)C12COC2. The molecule has 1 aromatic carbocycles. The number of alkyl halides is 3. The summed E-state index contributed by atoms with van der Waals surface area (Å²) in [4.78, 5) is 20.7. The summed E-state index contributed by atoms with van der Waals surface area (Å²) in [7, 11) is 0. The van der Waals surface area contributed by atoms with Crippen LogP contribution in [0.1, 0.15) is 35.5 Å². The molecule has 3 aliphatic heterocycles. The average Bonchev–Trinajstić information content (AvgIpc) is 3.08. The van der Waals surface area contributed by atoms with E-state index in [1.807, 2.05) is 13.8 Å². The van der Waals surface area contributed by atoms with Gasteiger partial charge in [-0.25, -0.2) is 4.99 Å². The lowest BCUT2D eigenvalue weighted by molar-refractivity contribution is -0.247. The molecular formula is C22H21F3N4O4. The van der Waals surface area contributed by atoms with Gasteiger partial charge in [0.25, 0.3) is 11.9 Å². The Morgan fingerprint density at radius 3 is 2.45 bits per heavy atom. The van der Waals surface area contributed by atoms with Gasteiger partial charge in [-0.15, -0.1) is 0 Å². The highest BCUT2D eigenvalue weighted by molar-refractivity contribution is 6.04. The minimum atomic E-state index is -4.58. The van der Waals surface area contributed by atoms with Crippen LogP contribution in [0.4, 0.5) is 18.9 Å². The second-order valence-corrected chi connectivity index (χ2v) is 8.88. The van der Waals surface area contributed by atoms with Crippen LogP contribution in [0.3, 0.4) is 0 Å². The van der Waals surface area contributed by atoms with Gasteiger partial charge in [0.1, 0.15) is 29.2 Å². The van der Waals surface area contributed by atoms with Crippen molar-refractivity contribution in [3.63, 3.8) is 0 Å². The Kier molecular flexibility index (Phi) is 4.45. The molecule has 2 aromatic rings. The van der Waals surface area contributed by atoms with Crippen LogP contribution in [-0.2, 0) is 21.2 Å². The van der Waals surface area contributed by atoms with Gasteiger partial charge in [-0.2, -0.15) is 13.2 Å². The van der Waals surface area contributed by atoms with Crippen LogP contribution < -0.4 is 15.8 Å². The van der Waals surface area contributed by atoms with Gasteiger partial charge < -0.3 is 25.3 Å². The number of benzene rings is 1. The molecule has 5 rings (SSSR count). The third-order valence-corrected chi connectivity index (χ3v) is 6.74. The number of fused-ring (bicyclic) bond motifs is 3. The topological polar surface area (TPSA) is 108 Å². The number of halogens is 3. The van der Waals surface area contributed by atoms with Gasteiger partial charge >= 0.3 is 6.18 Å². The molecule has 1 amide bonds. The first-order valence-corrected chi connectivity index (χ1v) is 10.2. The highest BCUT2D eigenvalue weighted by Gasteiger charge is 2.71. The van der Waals surface area contributed by atoms with Crippen molar-refractivity contribution in [1.29, 1.82) is 0 Å². The molecule has 33 heavy (non-hydrogen) atoms. The van der Waals surface area contributed by atoms with Crippen molar-refractivity contribution in [3.05, 3.63) is 53.3 Å². The summed E-state index contributed by atoms with van der Waals surface area (Å²) in [6.45, 7) is 4.93. The third kappa shape index (κ3) is 3.05. The molecular weight excluding hydrogens is 441 g/mol. The lowest BCUT2D eigenvalue weighted by Gasteiger charge is -2.61. The normalized spacial score (nSPS) is 24.3. The number of aromatic nitrogens is 1. The van der Waals surface area contributed by atoms with E-state index in [0.717, 1.165) is 18.3 Å². The molecule has 1 unspecified atom stereocenters. The number of pyridine rings is 1. The number of nitrogens with two attached hydrogens (primary N) is 1. The van der Waals surface area contributed by atoms with Gasteiger partial charge in [-0.1, -0.05) is 0 Å². The van der Waals surface area contributed by atoms with Gasteiger partial charge in [0.15, 0.2) is 0 Å². The van der Waals surface area contributed by atoms with Gasteiger partial charge in [-0.05, 0) is 44.2 Å². The van der Waals surface area contributed by atoms with Crippen molar-refractivity contribution in [3.8, 4) is 5.75 Å². The lowest BCUT2D eigenvalue weighted by atomic mass is 9.55. The van der Waals surface area contributed by atoms with E-state index in [9.17, 15) is 18.0 Å². The summed E-state index contributed by atoms with van der Waals surface area (Å²) >= 11 is 0. The number of amidine groups is 1. The molecule has 0 aliphatic carbocycles. The maximum atomic E-state index is 12.7. The number of hydrogen-bond donors (Lipinski definition) is 2. The van der Waals surface area contributed by atoms with Crippen molar-refractivity contribution in [2.45, 2.75) is 31.2 Å². The second-order valence-electron chi connectivity index (χ2n) is 8.88. The Balaban J connectivity index is 1.49. The standard InChI is InChI=1S/C22H21F3N4O4/c1-19(2)20(9-31-10-20)21(11-32-18(26)29-21)14-7-13(4-5-15(14)33-19)28-17(30)12-3-6-16(27-8-12)22(23,24)25/h3-8H,9-11H2,1-2H3,(H2,26,29)(H,28,30). The fraction of sp³-hybridized carbons (Fsp3) is 0.409. The quantitative estimate of drug-likeness (QED) is 0.710. The van der Waals surface area contributed by atoms with Crippen molar-refractivity contribution in [2.75, 3.05) is 25.1 Å². The summed E-state index contributed by atoms with van der Waals surface area (Å²) in [5.41, 5.74) is 3.90. The number of ether oxygens (including phenoxy) is 3. The molecule has 2 spiro atoms. The molecule has 1 aromatic heterocycles. The molecule has 3 aliphatic rings. The fourth-order valence-electron chi connectivity index (χ4n) is 4.75. The largest absolute Gasteiger partial charge is 0.487 e. The Morgan fingerprint density at radius 2 is 1.91 bits per heavy atom. The van der Waals surface area contributed by atoms with E-state index in [1.54, 1.807) is 18.2 Å². The zero-order chi connectivity index (χ0) is 23.6. The first kappa shape index (κ1) is 21.5. The number of carbonyl (C=O) groups is 1. The van der Waals surface area contributed by atoms with Crippen LogP contribution in [-0.4, -0.2) is 42.3 Å². The van der Waals surface area contributed by atoms with Gasteiger partial charge in [0.2, 0.25) is 0 Å². The Morgan fingerprint density at radius 1 is 1.15 bits per heavy atom. The molecule has 3 N–H and O–H groups in total. The smallest absolute Gasteiger partial charge is 0.433 e. The molecule has 8 nitrogen and oxygen atoms in total. The summed E-state index contributed by atoms with van der Waals surface area (Å²) < 4.78 is 55.7. The van der Waals surface area contributed by atoms with Gasteiger partial charge in [0, 0.05) is 17.4 Å². The summed E-state index contributed by atoms with van der Waals surface area (Å²) in [6, 6.07) is 7.00. The number of carbonyl (C=O) groups excluding carboxylic acids is 1. The van der Waals surface area contributed by atoms with Crippen LogP contribution >= 0.6 is 0 Å². The molecule has 4 heterocycles. The first-order valence-electron chi connectivity index (χ1n) is 10.2. The number of aliphatic imine (C=N–C) groups is 1. The maximum absolute atomic E-state index is 12.7. The summed E-state index contributed by atoms with van der Waals surface area (Å²) in [5, 5.41) is 2.70. The van der Waals surface area contributed by atoms with Gasteiger partial charge in [-0.3, -0.25) is 9.78 Å². The van der Waals surface area contributed by atoms with Crippen molar-refractivity contribution in [2.24, 2.45) is 16.1 Å². The fourth-order valence-corrected chi connectivity index (χ4v) is 4.75. The molecule has 0 radical (unpaired) electrons. The van der Waals surface area contributed by atoms with Crippen molar-refractivity contribution >= 4 is 17.6 Å². The number of nitrogens with one attached hydrogen (secondary N) is 1. The van der Waals surface area contributed by atoms with Crippen LogP contribution in [0, 0.1) is 5.41 Å². The Bertz CT molecular complexity index is 1160. The molecule has 0 saturated carbocycles. The first-order chi connectivity index (χ1) is 15.5. The van der Waals surface area contributed by atoms with E-state index in [2.05, 4.69) is 15.3 Å². The van der Waals surface area contributed by atoms with Crippen molar-refractivity contribution in [1.82, 2.24) is 4.98 Å². The lowest BCUT2D eigenvalue weighted by Crippen LogP contribution is -2.71. The summed E-state index contributed by atoms with van der Waals surface area (Å²) in [5.74, 6) is -0.0246. The van der Waals surface area contributed by atoms with Crippen LogP contribution in [0.25, 0.3) is 0 Å². The zero-order valence-electron chi connectivity index (χ0n) is 17.8. The van der Waals surface area contributed by atoms with E-state index < -0.39 is 34.3 Å². The highest BCUT2D eigenvalue weighted by atomic mass is 19.4. The zero-order valence-corrected chi connectivity index (χ0v) is 17.8. The maximum Gasteiger partial charge on any atom is 0.433 e. The predicted molar refractivity (Wildman–Crippen MR) is 111 cm³/mol.